The molecule has 0 saturated carbocycles. The molecule has 0 saturated heterocycles. The van der Waals surface area contributed by atoms with E-state index in [1.807, 2.05) is 13.8 Å². The van der Waals surface area contributed by atoms with Crippen LogP contribution in [0.25, 0.3) is 0 Å². The largest absolute Gasteiger partial charge is 0.408 e. The van der Waals surface area contributed by atoms with Crippen molar-refractivity contribution in [3.05, 3.63) is 58.6 Å². The van der Waals surface area contributed by atoms with Crippen LogP contribution in [0.1, 0.15) is 33.6 Å². The molecule has 0 bridgehead atoms. The fourth-order valence-electron chi connectivity index (χ4n) is 3.92. The van der Waals surface area contributed by atoms with Gasteiger partial charge in [-0.1, -0.05) is 60.9 Å². The SMILES string of the molecule is CC#N.CCC1C=NN(C(=NCC(F)(F)F)NS(=O)(=O)c2cccc(Cl)c2)C1.CCC1C=NN(C(=NCC(F)(F)F)SC)C1.NS(=O)(=O)c1cccc(Cl)c1. The maximum atomic E-state index is 12.5. The minimum absolute atomic E-state index is 0.00626. The van der Waals surface area contributed by atoms with E-state index >= 15 is 0 Å². The average Bonchev–Trinajstić information content (AvgIpc) is 3.77. The van der Waals surface area contributed by atoms with Crippen LogP contribution in [-0.4, -0.2) is 95.2 Å². The summed E-state index contributed by atoms with van der Waals surface area (Å²) >= 11 is 12.5. The molecule has 0 aliphatic carbocycles. The van der Waals surface area contributed by atoms with Crippen LogP contribution in [-0.2, 0) is 20.0 Å². The minimum Gasteiger partial charge on any atom is -0.252 e. The van der Waals surface area contributed by atoms with E-state index in [1.165, 1.54) is 66.2 Å². The summed E-state index contributed by atoms with van der Waals surface area (Å²) in [6.45, 7) is 3.53. The Balaban J connectivity index is 0.000000430. The Kier molecular flexibility index (Phi) is 20.5. The van der Waals surface area contributed by atoms with E-state index in [4.69, 9.17) is 33.6 Å². The molecular weight excluding hydrogens is 843 g/mol. The molecular formula is C31H39Cl2F6N9O4S3. The zero-order chi connectivity index (χ0) is 42.0. The van der Waals surface area contributed by atoms with E-state index in [1.54, 1.807) is 30.8 Å². The number of hydrogen-bond acceptors (Lipinski definition) is 10. The van der Waals surface area contributed by atoms with Gasteiger partial charge in [0.1, 0.15) is 13.1 Å². The van der Waals surface area contributed by atoms with Gasteiger partial charge in [-0.05, 0) is 55.5 Å². The van der Waals surface area contributed by atoms with Gasteiger partial charge in [-0.3, -0.25) is 4.99 Å². The lowest BCUT2D eigenvalue weighted by Crippen LogP contribution is -2.42. The van der Waals surface area contributed by atoms with Crippen molar-refractivity contribution >= 4 is 78.6 Å². The zero-order valence-electron chi connectivity index (χ0n) is 29.8. The fraction of sp³-hybridized carbons (Fsp3) is 0.452. The first-order valence-electron chi connectivity index (χ1n) is 15.8. The van der Waals surface area contributed by atoms with Crippen LogP contribution >= 0.6 is 35.0 Å². The maximum absolute atomic E-state index is 12.5. The topological polar surface area (TPSA) is 186 Å². The van der Waals surface area contributed by atoms with Gasteiger partial charge >= 0.3 is 12.4 Å². The van der Waals surface area contributed by atoms with Crippen LogP contribution in [0, 0.1) is 23.2 Å². The highest BCUT2D eigenvalue weighted by Gasteiger charge is 2.31. The number of guanidine groups is 1. The van der Waals surface area contributed by atoms with Gasteiger partial charge in [-0.2, -0.15) is 41.8 Å². The lowest BCUT2D eigenvalue weighted by molar-refractivity contribution is -0.119. The third-order valence-corrected chi connectivity index (χ3v) is 10.0. The summed E-state index contributed by atoms with van der Waals surface area (Å²) in [5.41, 5.74) is 0. The first-order chi connectivity index (χ1) is 25.5. The molecule has 0 aromatic heterocycles. The van der Waals surface area contributed by atoms with Crippen LogP contribution in [0.3, 0.4) is 0 Å². The quantitative estimate of drug-likeness (QED) is 0.170. The monoisotopic (exact) mass is 881 g/mol. The predicted octanol–water partition coefficient (Wildman–Crippen LogP) is 6.98. The van der Waals surface area contributed by atoms with Gasteiger partial charge in [0.2, 0.25) is 16.0 Å². The van der Waals surface area contributed by atoms with E-state index in [0.29, 0.717) is 29.1 Å². The zero-order valence-corrected chi connectivity index (χ0v) is 33.7. The van der Waals surface area contributed by atoms with Crippen molar-refractivity contribution in [3.8, 4) is 6.07 Å². The molecule has 2 aliphatic rings. The van der Waals surface area contributed by atoms with E-state index < -0.39 is 51.4 Å². The molecule has 2 unspecified atom stereocenters. The third kappa shape index (κ3) is 19.7. The Morgan fingerprint density at radius 2 is 1.33 bits per heavy atom. The van der Waals surface area contributed by atoms with Crippen molar-refractivity contribution in [1.29, 1.82) is 5.26 Å². The molecule has 13 nitrogen and oxygen atoms in total. The van der Waals surface area contributed by atoms with Gasteiger partial charge in [0.15, 0.2) is 5.17 Å². The highest BCUT2D eigenvalue weighted by molar-refractivity contribution is 8.13. The smallest absolute Gasteiger partial charge is 0.252 e. The van der Waals surface area contributed by atoms with E-state index in [-0.39, 0.29) is 27.3 Å². The molecule has 0 spiro atoms. The van der Waals surface area contributed by atoms with Gasteiger partial charge in [0.05, 0.1) is 28.9 Å². The second-order valence-corrected chi connectivity index (χ2v) is 15.9. The van der Waals surface area contributed by atoms with Crippen LogP contribution < -0.4 is 9.86 Å². The number of hydrogen-bond donors (Lipinski definition) is 2. The molecule has 2 atom stereocenters. The number of halogens is 8. The van der Waals surface area contributed by atoms with Crippen molar-refractivity contribution in [3.63, 3.8) is 0 Å². The second-order valence-electron chi connectivity index (χ2n) is 11.0. The Morgan fingerprint density at radius 1 is 0.891 bits per heavy atom. The number of hydrazone groups is 2. The Bertz CT molecular complexity index is 1930. The number of benzene rings is 2. The summed E-state index contributed by atoms with van der Waals surface area (Å²) in [5, 5.41) is 23.7. The summed E-state index contributed by atoms with van der Waals surface area (Å²) < 4.78 is 122. The Hall–Kier alpha value is -3.62. The Labute approximate surface area is 330 Å². The minimum atomic E-state index is -4.57. The molecule has 2 aromatic rings. The van der Waals surface area contributed by atoms with Crippen LogP contribution in [0.15, 0.2) is 78.5 Å². The summed E-state index contributed by atoms with van der Waals surface area (Å²) in [5.74, 6) is -0.167. The van der Waals surface area contributed by atoms with Crippen molar-refractivity contribution in [1.82, 2.24) is 14.7 Å². The number of nitrogens with two attached hydrogens (primary N) is 1. The summed E-state index contributed by atoms with van der Waals surface area (Å²) in [6.07, 6.45) is -2.16. The molecule has 55 heavy (non-hydrogen) atoms. The number of alkyl halides is 6. The molecule has 0 radical (unpaired) electrons. The standard InChI is InChI=1S/C14H16ClF3N4O2S.C9H14F3N3S.C6H6ClNO2S.C2H3N/c1-2-10-7-20-22(8-10)13(19-9-14(16,17)18)21-25(23,24)12-5-3-4-11(15)6-12;1-3-7-4-14-15(5-7)8(16-2)13-6-9(10,11)12;7-5-2-1-3-6(4-5)11(8,9)10;1-2-3/h3-7,10H,2,8-9H2,1H3,(H,19,21);4,7H,3,5-6H2,1-2H3;1-4H,(H2,8,9,10);1H3. The molecule has 306 valence electrons. The van der Waals surface area contributed by atoms with E-state index in [0.717, 1.165) is 11.4 Å². The molecule has 0 amide bonds. The number of nitrogens with one attached hydrogen (secondary N) is 1. The van der Waals surface area contributed by atoms with Crippen LogP contribution in [0.2, 0.25) is 10.0 Å². The third-order valence-electron chi connectivity index (χ3n) is 6.60. The highest BCUT2D eigenvalue weighted by atomic mass is 35.5. The van der Waals surface area contributed by atoms with Crippen molar-refractivity contribution in [2.45, 2.75) is 55.8 Å². The molecule has 24 heteroatoms. The lowest BCUT2D eigenvalue weighted by atomic mass is 10.1. The van der Waals surface area contributed by atoms with Gasteiger partial charge in [-0.15, -0.1) is 0 Å². The van der Waals surface area contributed by atoms with Crippen LogP contribution in [0.5, 0.6) is 0 Å². The molecule has 2 aromatic carbocycles. The normalized spacial score (nSPS) is 17.3. The average molecular weight is 883 g/mol. The molecule has 4 rings (SSSR count). The molecule has 2 heterocycles. The van der Waals surface area contributed by atoms with E-state index in [9.17, 15) is 43.2 Å². The number of nitriles is 1. The van der Waals surface area contributed by atoms with Gasteiger partial charge < -0.3 is 0 Å². The summed E-state index contributed by atoms with van der Waals surface area (Å²) in [4.78, 5) is 6.74. The number of thioether (sulfide) groups is 1. The van der Waals surface area contributed by atoms with Crippen molar-refractivity contribution in [2.24, 2.45) is 37.2 Å². The number of aliphatic imine (C=N–C) groups is 2. The maximum Gasteiger partial charge on any atom is 0.408 e. The first kappa shape index (κ1) is 49.4. The number of sulfonamides is 2. The highest BCUT2D eigenvalue weighted by Crippen LogP contribution is 2.21. The second kappa shape index (κ2) is 22.8. The number of rotatable bonds is 7. The summed E-state index contributed by atoms with van der Waals surface area (Å²) in [7, 11) is -7.77. The lowest BCUT2D eigenvalue weighted by Gasteiger charge is -2.19. The molecule has 0 fully saturated rings. The van der Waals surface area contributed by atoms with Crippen molar-refractivity contribution in [2.75, 3.05) is 32.4 Å². The van der Waals surface area contributed by atoms with Crippen LogP contribution in [0.4, 0.5) is 26.3 Å². The predicted molar refractivity (Wildman–Crippen MR) is 204 cm³/mol. The Morgan fingerprint density at radius 3 is 1.73 bits per heavy atom. The number of amidine groups is 1. The van der Waals surface area contributed by atoms with E-state index in [2.05, 4.69) is 24.9 Å². The van der Waals surface area contributed by atoms with Crippen molar-refractivity contribution < 1.29 is 43.2 Å². The van der Waals surface area contributed by atoms with Gasteiger partial charge in [0, 0.05) is 41.2 Å². The van der Waals surface area contributed by atoms with Gasteiger partial charge in [-0.25, -0.2) is 41.7 Å². The van der Waals surface area contributed by atoms with Gasteiger partial charge in [0.25, 0.3) is 10.0 Å². The summed E-state index contributed by atoms with van der Waals surface area (Å²) in [6, 6.07) is 12.9. The molecule has 2 aliphatic heterocycles. The number of nitrogens with zero attached hydrogens (tertiary/aromatic N) is 7. The fourth-order valence-corrected chi connectivity index (χ4v) is 6.58. The number of primary sulfonamides is 1. The molecule has 3 N–H and O–H groups in total. The first-order valence-corrected chi connectivity index (χ1v) is 20.8.